The van der Waals surface area contributed by atoms with Gasteiger partial charge in [0.15, 0.2) is 0 Å². The Morgan fingerprint density at radius 2 is 1.92 bits per heavy atom. The van der Waals surface area contributed by atoms with Crippen LogP contribution in [0, 0.1) is 0 Å². The largest absolute Gasteiger partial charge is 0.351 e. The van der Waals surface area contributed by atoms with Crippen molar-refractivity contribution in [3.63, 3.8) is 0 Å². The molecular formula is C21H29BrN2. The molecule has 0 spiro atoms. The number of allylic oxidation sites excluding steroid dienone is 3. The van der Waals surface area contributed by atoms with Gasteiger partial charge >= 0.3 is 0 Å². The van der Waals surface area contributed by atoms with Gasteiger partial charge in [0.05, 0.1) is 6.17 Å². The van der Waals surface area contributed by atoms with Gasteiger partial charge in [-0.2, -0.15) is 0 Å². The van der Waals surface area contributed by atoms with E-state index in [-0.39, 0.29) is 5.41 Å². The first kappa shape index (κ1) is 17.8. The molecule has 2 nitrogen and oxygen atoms in total. The maximum absolute atomic E-state index is 3.68. The highest BCUT2D eigenvalue weighted by Gasteiger charge is 2.55. The van der Waals surface area contributed by atoms with Crippen LogP contribution in [0.1, 0.15) is 46.1 Å². The summed E-state index contributed by atoms with van der Waals surface area (Å²) in [6, 6.07) is 6.88. The Hall–Kier alpha value is -1.06. The zero-order chi connectivity index (χ0) is 17.5. The van der Waals surface area contributed by atoms with Gasteiger partial charge in [-0.05, 0) is 65.3 Å². The predicted molar refractivity (Wildman–Crippen MR) is 108 cm³/mol. The Morgan fingerprint density at radius 3 is 2.58 bits per heavy atom. The number of likely N-dealkylation sites (tertiary alicyclic amines) is 1. The maximum Gasteiger partial charge on any atom is 0.0923 e. The van der Waals surface area contributed by atoms with Gasteiger partial charge in [0.25, 0.3) is 0 Å². The molecule has 3 rings (SSSR count). The topological polar surface area (TPSA) is 6.48 Å². The highest BCUT2D eigenvalue weighted by molar-refractivity contribution is 9.10. The van der Waals surface area contributed by atoms with Crippen LogP contribution in [-0.2, 0) is 5.41 Å². The molecule has 130 valence electrons. The van der Waals surface area contributed by atoms with E-state index >= 15 is 0 Å². The van der Waals surface area contributed by atoms with Crippen LogP contribution in [0.3, 0.4) is 0 Å². The maximum atomic E-state index is 3.68. The molecule has 2 aliphatic heterocycles. The van der Waals surface area contributed by atoms with Gasteiger partial charge in [-0.1, -0.05) is 45.3 Å². The molecule has 1 saturated heterocycles. The molecule has 3 heteroatoms. The zero-order valence-electron chi connectivity index (χ0n) is 15.6. The third-order valence-corrected chi connectivity index (χ3v) is 5.99. The van der Waals surface area contributed by atoms with Crippen LogP contribution in [0.5, 0.6) is 0 Å². The summed E-state index contributed by atoms with van der Waals surface area (Å²) in [6.07, 6.45) is 7.60. The van der Waals surface area contributed by atoms with Gasteiger partial charge in [0, 0.05) is 28.7 Å². The lowest BCUT2D eigenvalue weighted by molar-refractivity contribution is 0.254. The second-order valence-electron chi connectivity index (χ2n) is 7.84. The number of fused-ring (bicyclic) bond motifs is 3. The van der Waals surface area contributed by atoms with E-state index in [1.807, 2.05) is 0 Å². The molecule has 1 fully saturated rings. The van der Waals surface area contributed by atoms with E-state index in [9.17, 15) is 0 Å². The molecule has 0 aliphatic carbocycles. The first-order valence-corrected chi connectivity index (χ1v) is 9.68. The summed E-state index contributed by atoms with van der Waals surface area (Å²) in [6.45, 7) is 10.9. The number of hydrogen-bond acceptors (Lipinski definition) is 2. The van der Waals surface area contributed by atoms with Gasteiger partial charge < -0.3 is 4.90 Å². The van der Waals surface area contributed by atoms with Crippen molar-refractivity contribution in [3.05, 3.63) is 51.5 Å². The van der Waals surface area contributed by atoms with E-state index < -0.39 is 0 Å². The zero-order valence-corrected chi connectivity index (χ0v) is 17.2. The molecule has 2 aliphatic rings. The molecule has 2 heterocycles. The van der Waals surface area contributed by atoms with Crippen LogP contribution in [0.25, 0.3) is 0 Å². The standard InChI is InChI=1S/C21H29BrN2/c1-15(2)8-10-21-11-13-23(5)20(21)24(12-9-16(3)4)19-14-17(22)6-7-18(19)21/h6-9,14,20H,10-13H2,1-5H3. The molecule has 0 radical (unpaired) electrons. The van der Waals surface area contributed by atoms with E-state index in [4.69, 9.17) is 0 Å². The fourth-order valence-corrected chi connectivity index (χ4v) is 4.69. The van der Waals surface area contributed by atoms with E-state index in [1.165, 1.54) is 39.8 Å². The Kier molecular flexibility index (Phi) is 4.94. The lowest BCUT2D eigenvalue weighted by Crippen LogP contribution is -2.48. The first-order valence-electron chi connectivity index (χ1n) is 8.89. The molecule has 0 aromatic heterocycles. The molecular weight excluding hydrogens is 360 g/mol. The summed E-state index contributed by atoms with van der Waals surface area (Å²) in [7, 11) is 2.28. The third kappa shape index (κ3) is 2.97. The van der Waals surface area contributed by atoms with Crippen molar-refractivity contribution in [3.8, 4) is 0 Å². The van der Waals surface area contributed by atoms with Gasteiger partial charge in [0.2, 0.25) is 0 Å². The highest BCUT2D eigenvalue weighted by Crippen LogP contribution is 2.54. The van der Waals surface area contributed by atoms with Crippen molar-refractivity contribution in [1.29, 1.82) is 0 Å². The molecule has 0 N–H and O–H groups in total. The molecule has 1 aromatic rings. The summed E-state index contributed by atoms with van der Waals surface area (Å²) >= 11 is 3.68. The average Bonchev–Trinajstić information content (AvgIpc) is 2.97. The minimum absolute atomic E-state index is 0.220. The molecule has 1 aromatic carbocycles. The fourth-order valence-electron chi connectivity index (χ4n) is 4.34. The highest BCUT2D eigenvalue weighted by atomic mass is 79.9. The third-order valence-electron chi connectivity index (χ3n) is 5.49. The summed E-state index contributed by atoms with van der Waals surface area (Å²) in [4.78, 5) is 5.16. The lowest BCUT2D eigenvalue weighted by atomic mass is 9.76. The minimum Gasteiger partial charge on any atom is -0.351 e. The van der Waals surface area contributed by atoms with Gasteiger partial charge in [0.1, 0.15) is 0 Å². The van der Waals surface area contributed by atoms with E-state index in [0.29, 0.717) is 6.17 Å². The van der Waals surface area contributed by atoms with E-state index in [0.717, 1.165) is 13.0 Å². The van der Waals surface area contributed by atoms with Gasteiger partial charge in [-0.25, -0.2) is 0 Å². The second-order valence-corrected chi connectivity index (χ2v) is 8.76. The van der Waals surface area contributed by atoms with Crippen molar-refractivity contribution in [2.75, 3.05) is 25.0 Å². The van der Waals surface area contributed by atoms with Crippen LogP contribution in [0.15, 0.2) is 46.0 Å². The average molecular weight is 389 g/mol. The first-order chi connectivity index (χ1) is 11.3. The summed E-state index contributed by atoms with van der Waals surface area (Å²) in [5.41, 5.74) is 5.95. The summed E-state index contributed by atoms with van der Waals surface area (Å²) in [5.74, 6) is 0. The van der Waals surface area contributed by atoms with Crippen molar-refractivity contribution in [2.24, 2.45) is 0 Å². The molecule has 24 heavy (non-hydrogen) atoms. The van der Waals surface area contributed by atoms with Crippen molar-refractivity contribution < 1.29 is 0 Å². The quantitative estimate of drug-likeness (QED) is 0.628. The van der Waals surface area contributed by atoms with E-state index in [1.54, 1.807) is 0 Å². The molecule has 0 saturated carbocycles. The predicted octanol–water partition coefficient (Wildman–Crippen LogP) is 5.49. The Balaban J connectivity index is 2.11. The van der Waals surface area contributed by atoms with Crippen molar-refractivity contribution >= 4 is 21.6 Å². The monoisotopic (exact) mass is 388 g/mol. The number of anilines is 1. The number of rotatable bonds is 4. The molecule has 2 atom stereocenters. The molecule has 2 unspecified atom stereocenters. The fraction of sp³-hybridized carbons (Fsp3) is 0.524. The molecule has 0 bridgehead atoms. The number of halogens is 1. The van der Waals surface area contributed by atoms with Crippen molar-refractivity contribution in [2.45, 2.75) is 52.1 Å². The van der Waals surface area contributed by atoms with Gasteiger partial charge in [-0.15, -0.1) is 0 Å². The Morgan fingerprint density at radius 1 is 1.21 bits per heavy atom. The molecule has 0 amide bonds. The minimum atomic E-state index is 0.220. The second kappa shape index (κ2) is 6.68. The summed E-state index contributed by atoms with van der Waals surface area (Å²) in [5, 5.41) is 0. The Bertz CT molecular complexity index is 683. The number of hydrogen-bond donors (Lipinski definition) is 0. The Labute approximate surface area is 155 Å². The number of nitrogens with zero attached hydrogens (tertiary/aromatic N) is 2. The van der Waals surface area contributed by atoms with E-state index in [2.05, 4.69) is 90.8 Å². The van der Waals surface area contributed by atoms with Crippen LogP contribution in [0.2, 0.25) is 0 Å². The smallest absolute Gasteiger partial charge is 0.0923 e. The SMILES string of the molecule is CC(C)=CCN1c2cc(Br)ccc2C2(CC=C(C)C)CCN(C)C12. The summed E-state index contributed by atoms with van der Waals surface area (Å²) < 4.78 is 1.17. The number of likely N-dealkylation sites (N-methyl/N-ethyl adjacent to an activating group) is 1. The van der Waals surface area contributed by atoms with Gasteiger partial charge in [-0.3, -0.25) is 4.90 Å². The van der Waals surface area contributed by atoms with Crippen molar-refractivity contribution in [1.82, 2.24) is 4.90 Å². The van der Waals surface area contributed by atoms with Crippen LogP contribution in [0.4, 0.5) is 5.69 Å². The lowest BCUT2D eigenvalue weighted by Gasteiger charge is -2.36. The van der Waals surface area contributed by atoms with Crippen LogP contribution in [-0.4, -0.2) is 31.2 Å². The normalized spacial score (nSPS) is 25.4. The van der Waals surface area contributed by atoms with Crippen LogP contribution >= 0.6 is 15.9 Å². The number of benzene rings is 1. The van der Waals surface area contributed by atoms with Crippen LogP contribution < -0.4 is 4.90 Å².